The van der Waals surface area contributed by atoms with Gasteiger partial charge in [-0.15, -0.1) is 0 Å². The van der Waals surface area contributed by atoms with E-state index < -0.39 is 48.4 Å². The van der Waals surface area contributed by atoms with Gasteiger partial charge in [-0.05, 0) is 5.56 Å². The summed E-state index contributed by atoms with van der Waals surface area (Å²) in [6, 6.07) is 7.97. The zero-order valence-electron chi connectivity index (χ0n) is 15.9. The van der Waals surface area contributed by atoms with E-state index in [2.05, 4.69) is 16.0 Å². The number of carboxylic acids is 2. The summed E-state index contributed by atoms with van der Waals surface area (Å²) in [4.78, 5) is 54.4. The Balaban J connectivity index is 0.00000110. The maximum absolute atomic E-state index is 12.1. The summed E-state index contributed by atoms with van der Waals surface area (Å²) in [7, 11) is 0. The average Bonchev–Trinajstić information content (AvgIpc) is 2.70. The number of amides is 3. The van der Waals surface area contributed by atoms with E-state index >= 15 is 0 Å². The van der Waals surface area contributed by atoms with Crippen molar-refractivity contribution < 1.29 is 47.4 Å². The standard InChI is InChI=1S/C15H20N4O5.C2HF3O2/c16-7-12(20)17-8-13(21)19-11(15(24)18-9-14(22)23)6-10-4-2-1-3-5-10;3-2(4,5)1(6)7/h1-5,11H,6-9,16H2,(H,17,20)(H,18,24)(H,19,21)(H,22,23);(H,6,7)/t11-;/m0./s1. The Labute approximate surface area is 173 Å². The molecule has 0 spiro atoms. The largest absolute Gasteiger partial charge is 0.490 e. The molecule has 172 valence electrons. The molecule has 0 unspecified atom stereocenters. The number of benzene rings is 1. The molecular weight excluding hydrogens is 429 g/mol. The minimum atomic E-state index is -5.08. The summed E-state index contributed by atoms with van der Waals surface area (Å²) in [6.45, 7) is -1.13. The Morgan fingerprint density at radius 2 is 1.48 bits per heavy atom. The zero-order chi connectivity index (χ0) is 24.0. The minimum absolute atomic E-state index is 0.183. The number of hydrogen-bond donors (Lipinski definition) is 6. The van der Waals surface area contributed by atoms with Gasteiger partial charge < -0.3 is 31.9 Å². The van der Waals surface area contributed by atoms with Crippen LogP contribution in [0.5, 0.6) is 0 Å². The maximum Gasteiger partial charge on any atom is 0.490 e. The van der Waals surface area contributed by atoms with Crippen molar-refractivity contribution in [3.05, 3.63) is 35.9 Å². The highest BCUT2D eigenvalue weighted by Gasteiger charge is 2.38. The lowest BCUT2D eigenvalue weighted by molar-refractivity contribution is -0.192. The molecule has 0 heterocycles. The Bertz CT molecular complexity index is 773. The van der Waals surface area contributed by atoms with Crippen molar-refractivity contribution in [2.75, 3.05) is 19.6 Å². The number of hydrogen-bond acceptors (Lipinski definition) is 6. The topological polar surface area (TPSA) is 188 Å². The first-order chi connectivity index (χ1) is 14.4. The highest BCUT2D eigenvalue weighted by Crippen LogP contribution is 2.13. The van der Waals surface area contributed by atoms with Gasteiger partial charge in [0.1, 0.15) is 12.6 Å². The van der Waals surface area contributed by atoms with E-state index in [9.17, 15) is 32.3 Å². The van der Waals surface area contributed by atoms with Gasteiger partial charge in [-0.25, -0.2) is 4.79 Å². The number of carboxylic acid groups (broad SMARTS) is 2. The van der Waals surface area contributed by atoms with Gasteiger partial charge in [0.15, 0.2) is 0 Å². The van der Waals surface area contributed by atoms with Crippen LogP contribution in [0, 0.1) is 0 Å². The summed E-state index contributed by atoms with van der Waals surface area (Å²) in [5, 5.41) is 22.7. The van der Waals surface area contributed by atoms with Gasteiger partial charge in [0.05, 0.1) is 13.1 Å². The molecule has 31 heavy (non-hydrogen) atoms. The minimum Gasteiger partial charge on any atom is -0.480 e. The molecular formula is C17H21F3N4O7. The predicted molar refractivity (Wildman–Crippen MR) is 98.5 cm³/mol. The fourth-order valence-electron chi connectivity index (χ4n) is 1.84. The molecule has 7 N–H and O–H groups in total. The normalized spacial score (nSPS) is 11.2. The molecule has 1 rings (SSSR count). The van der Waals surface area contributed by atoms with E-state index in [-0.39, 0.29) is 19.5 Å². The molecule has 11 nitrogen and oxygen atoms in total. The number of carbonyl (C=O) groups excluding carboxylic acids is 3. The van der Waals surface area contributed by atoms with Gasteiger partial charge in [-0.1, -0.05) is 30.3 Å². The molecule has 0 fully saturated rings. The number of halogens is 3. The molecule has 1 aromatic carbocycles. The van der Waals surface area contributed by atoms with Crippen molar-refractivity contribution in [3.8, 4) is 0 Å². The van der Waals surface area contributed by atoms with E-state index in [0.29, 0.717) is 0 Å². The van der Waals surface area contributed by atoms with Crippen molar-refractivity contribution in [1.29, 1.82) is 0 Å². The Hall–Kier alpha value is -3.68. The van der Waals surface area contributed by atoms with Gasteiger partial charge in [0, 0.05) is 6.42 Å². The van der Waals surface area contributed by atoms with Crippen LogP contribution < -0.4 is 21.7 Å². The van der Waals surface area contributed by atoms with Crippen LogP contribution in [0.4, 0.5) is 13.2 Å². The number of nitrogens with one attached hydrogen (secondary N) is 3. The van der Waals surface area contributed by atoms with Crippen LogP contribution in [-0.4, -0.2) is 71.7 Å². The Kier molecular flexibility index (Phi) is 11.9. The second kappa shape index (κ2) is 13.5. The third-order valence-corrected chi connectivity index (χ3v) is 3.22. The quantitative estimate of drug-likeness (QED) is 0.265. The van der Waals surface area contributed by atoms with Gasteiger partial charge in [0.2, 0.25) is 17.7 Å². The first-order valence-corrected chi connectivity index (χ1v) is 8.46. The van der Waals surface area contributed by atoms with Gasteiger partial charge in [0.25, 0.3) is 0 Å². The lowest BCUT2D eigenvalue weighted by Crippen LogP contribution is -2.51. The number of rotatable bonds is 9. The van der Waals surface area contributed by atoms with E-state index in [1.165, 1.54) is 0 Å². The Morgan fingerprint density at radius 3 is 1.94 bits per heavy atom. The van der Waals surface area contributed by atoms with Crippen LogP contribution >= 0.6 is 0 Å². The first kappa shape index (κ1) is 27.3. The predicted octanol–water partition coefficient (Wildman–Crippen LogP) is -1.38. The molecule has 0 saturated carbocycles. The molecule has 0 aromatic heterocycles. The van der Waals surface area contributed by atoms with Crippen molar-refractivity contribution >= 4 is 29.7 Å². The average molecular weight is 450 g/mol. The van der Waals surface area contributed by atoms with Crippen molar-refractivity contribution in [2.45, 2.75) is 18.6 Å². The summed E-state index contributed by atoms with van der Waals surface area (Å²) in [5.74, 6) is -5.65. The molecule has 1 aromatic rings. The maximum atomic E-state index is 12.1. The van der Waals surface area contributed by atoms with Crippen LogP contribution in [0.15, 0.2) is 30.3 Å². The molecule has 1 atom stereocenters. The molecule has 0 aliphatic heterocycles. The molecule has 0 aliphatic rings. The van der Waals surface area contributed by atoms with Crippen molar-refractivity contribution in [2.24, 2.45) is 5.73 Å². The monoisotopic (exact) mass is 450 g/mol. The van der Waals surface area contributed by atoms with E-state index in [0.717, 1.165) is 5.56 Å². The van der Waals surface area contributed by atoms with Crippen LogP contribution in [-0.2, 0) is 30.4 Å². The summed E-state index contributed by atoms with van der Waals surface area (Å²) in [5.41, 5.74) is 5.91. The fourth-order valence-corrected chi connectivity index (χ4v) is 1.84. The van der Waals surface area contributed by atoms with Gasteiger partial charge in [-0.2, -0.15) is 13.2 Å². The number of carbonyl (C=O) groups is 5. The van der Waals surface area contributed by atoms with Gasteiger partial charge in [-0.3, -0.25) is 19.2 Å². The third kappa shape index (κ3) is 13.2. The second-order valence-electron chi connectivity index (χ2n) is 5.71. The van der Waals surface area contributed by atoms with Crippen molar-refractivity contribution in [3.63, 3.8) is 0 Å². The zero-order valence-corrected chi connectivity index (χ0v) is 15.9. The molecule has 3 amide bonds. The Morgan fingerprint density at radius 1 is 0.935 bits per heavy atom. The molecule has 0 radical (unpaired) electrons. The second-order valence-corrected chi connectivity index (χ2v) is 5.71. The van der Waals surface area contributed by atoms with Gasteiger partial charge >= 0.3 is 18.1 Å². The van der Waals surface area contributed by atoms with Crippen molar-refractivity contribution in [1.82, 2.24) is 16.0 Å². The molecule has 0 bridgehead atoms. The number of aliphatic carboxylic acids is 2. The number of alkyl halides is 3. The summed E-state index contributed by atoms with van der Waals surface area (Å²) < 4.78 is 31.7. The highest BCUT2D eigenvalue weighted by atomic mass is 19.4. The van der Waals surface area contributed by atoms with E-state index in [1.807, 2.05) is 6.07 Å². The first-order valence-electron chi connectivity index (χ1n) is 8.46. The van der Waals surface area contributed by atoms with Crippen LogP contribution in [0.2, 0.25) is 0 Å². The molecule has 0 saturated heterocycles. The smallest absolute Gasteiger partial charge is 0.480 e. The van der Waals surface area contributed by atoms with E-state index in [1.54, 1.807) is 24.3 Å². The number of nitrogens with two attached hydrogens (primary N) is 1. The lowest BCUT2D eigenvalue weighted by Gasteiger charge is -2.18. The van der Waals surface area contributed by atoms with Crippen LogP contribution in [0.1, 0.15) is 5.56 Å². The van der Waals surface area contributed by atoms with Crippen LogP contribution in [0.25, 0.3) is 0 Å². The van der Waals surface area contributed by atoms with E-state index in [4.69, 9.17) is 20.7 Å². The molecule has 0 aliphatic carbocycles. The molecule has 14 heteroatoms. The lowest BCUT2D eigenvalue weighted by atomic mass is 10.1. The summed E-state index contributed by atoms with van der Waals surface area (Å²) in [6.07, 6.45) is -4.90. The van der Waals surface area contributed by atoms with Crippen LogP contribution in [0.3, 0.4) is 0 Å². The summed E-state index contributed by atoms with van der Waals surface area (Å²) >= 11 is 0. The SMILES string of the molecule is NCC(=O)NCC(=O)N[C@@H](Cc1ccccc1)C(=O)NCC(=O)O.O=C(O)C(F)(F)F. The fraction of sp³-hybridized carbons (Fsp3) is 0.353. The third-order valence-electron chi connectivity index (χ3n) is 3.22. The highest BCUT2D eigenvalue weighted by molar-refractivity contribution is 5.91.